The first-order valence-electron chi connectivity index (χ1n) is 9.70. The molecule has 0 atom stereocenters. The topological polar surface area (TPSA) is 66.5 Å². The van der Waals surface area contributed by atoms with E-state index < -0.39 is 15.6 Å². The van der Waals surface area contributed by atoms with Crippen molar-refractivity contribution in [1.29, 1.82) is 0 Å². The molecule has 0 spiro atoms. The SMILES string of the molecule is O=C(NC1(c2cccc(Br)c2)CCC1)c1cc(S(=O)(=O)N2CCCC2)ccc1Cl. The second-order valence-corrected chi connectivity index (χ2v) is 10.9. The Balaban J connectivity index is 1.63. The van der Waals surface area contributed by atoms with Crippen molar-refractivity contribution in [3.63, 3.8) is 0 Å². The molecule has 0 radical (unpaired) electrons. The van der Waals surface area contributed by atoms with E-state index in [1.807, 2.05) is 24.3 Å². The van der Waals surface area contributed by atoms with Gasteiger partial charge in [0.1, 0.15) is 0 Å². The zero-order valence-corrected chi connectivity index (χ0v) is 19.0. The zero-order chi connectivity index (χ0) is 20.6. The van der Waals surface area contributed by atoms with Crippen LogP contribution in [0.25, 0.3) is 0 Å². The van der Waals surface area contributed by atoms with Crippen molar-refractivity contribution < 1.29 is 13.2 Å². The van der Waals surface area contributed by atoms with Gasteiger partial charge in [0.05, 0.1) is 21.0 Å². The molecule has 1 aliphatic heterocycles. The van der Waals surface area contributed by atoms with Crippen LogP contribution in [0.2, 0.25) is 5.02 Å². The predicted octanol–water partition coefficient (Wildman–Crippen LogP) is 4.70. The number of hydrogen-bond acceptors (Lipinski definition) is 3. The van der Waals surface area contributed by atoms with Gasteiger partial charge in [0.25, 0.3) is 5.91 Å². The highest BCUT2D eigenvalue weighted by molar-refractivity contribution is 9.10. The summed E-state index contributed by atoms with van der Waals surface area (Å²) < 4.78 is 28.2. The molecule has 0 unspecified atom stereocenters. The third kappa shape index (κ3) is 3.98. The summed E-state index contributed by atoms with van der Waals surface area (Å²) >= 11 is 9.77. The Morgan fingerprint density at radius 3 is 2.41 bits per heavy atom. The third-order valence-corrected chi connectivity index (χ3v) is 8.54. The molecule has 1 heterocycles. The minimum absolute atomic E-state index is 0.110. The Hall–Kier alpha value is -1.41. The van der Waals surface area contributed by atoms with Crippen LogP contribution in [0.3, 0.4) is 0 Å². The van der Waals surface area contributed by atoms with Gasteiger partial charge in [0, 0.05) is 17.6 Å². The first-order chi connectivity index (χ1) is 13.8. The van der Waals surface area contributed by atoms with E-state index in [9.17, 15) is 13.2 Å². The van der Waals surface area contributed by atoms with E-state index in [1.54, 1.807) is 0 Å². The van der Waals surface area contributed by atoms with E-state index in [2.05, 4.69) is 21.2 Å². The van der Waals surface area contributed by atoms with Gasteiger partial charge in [-0.25, -0.2) is 8.42 Å². The maximum absolute atomic E-state index is 13.1. The van der Waals surface area contributed by atoms with Crippen molar-refractivity contribution in [3.8, 4) is 0 Å². The number of rotatable bonds is 5. The largest absolute Gasteiger partial charge is 0.342 e. The first-order valence-corrected chi connectivity index (χ1v) is 12.3. The molecule has 154 valence electrons. The Labute approximate surface area is 184 Å². The molecular weight excluding hydrogens is 476 g/mol. The lowest BCUT2D eigenvalue weighted by Crippen LogP contribution is -2.50. The molecule has 1 aliphatic carbocycles. The second kappa shape index (κ2) is 8.02. The number of nitrogens with one attached hydrogen (secondary N) is 1. The molecule has 2 aromatic carbocycles. The van der Waals surface area contributed by atoms with Crippen LogP contribution in [0, 0.1) is 0 Å². The first kappa shape index (κ1) is 20.8. The highest BCUT2D eigenvalue weighted by Gasteiger charge is 2.40. The smallest absolute Gasteiger partial charge is 0.253 e. The molecule has 1 saturated heterocycles. The highest BCUT2D eigenvalue weighted by atomic mass is 79.9. The Morgan fingerprint density at radius 1 is 1.07 bits per heavy atom. The quantitative estimate of drug-likeness (QED) is 0.651. The second-order valence-electron chi connectivity index (χ2n) is 7.65. The van der Waals surface area contributed by atoms with Gasteiger partial charge in [-0.3, -0.25) is 4.79 Å². The average molecular weight is 498 g/mol. The summed E-state index contributed by atoms with van der Waals surface area (Å²) in [4.78, 5) is 13.2. The van der Waals surface area contributed by atoms with Crippen molar-refractivity contribution in [3.05, 3.63) is 63.1 Å². The number of carbonyl (C=O) groups is 1. The molecule has 29 heavy (non-hydrogen) atoms. The fourth-order valence-corrected chi connectivity index (χ4v) is 6.15. The fourth-order valence-electron chi connectivity index (χ4n) is 4.00. The Kier molecular flexibility index (Phi) is 5.77. The summed E-state index contributed by atoms with van der Waals surface area (Å²) in [7, 11) is -3.62. The van der Waals surface area contributed by atoms with Gasteiger partial charge >= 0.3 is 0 Å². The summed E-state index contributed by atoms with van der Waals surface area (Å²) in [5.74, 6) is -0.354. The van der Waals surface area contributed by atoms with E-state index in [0.29, 0.717) is 13.1 Å². The Bertz CT molecular complexity index is 1050. The van der Waals surface area contributed by atoms with E-state index in [-0.39, 0.29) is 21.4 Å². The molecule has 2 fully saturated rings. The summed E-state index contributed by atoms with van der Waals surface area (Å²) in [6.07, 6.45) is 4.39. The lowest BCUT2D eigenvalue weighted by Gasteiger charge is -2.43. The lowest BCUT2D eigenvalue weighted by molar-refractivity contribution is 0.0823. The maximum atomic E-state index is 13.1. The average Bonchev–Trinajstić information content (AvgIpc) is 3.20. The van der Waals surface area contributed by atoms with Crippen molar-refractivity contribution in [2.45, 2.75) is 42.5 Å². The fraction of sp³-hybridized carbons (Fsp3) is 0.381. The van der Waals surface area contributed by atoms with Gasteiger partial charge in [0.2, 0.25) is 10.0 Å². The molecule has 4 rings (SSSR count). The number of nitrogens with zero attached hydrogens (tertiary/aromatic N) is 1. The van der Waals surface area contributed by atoms with E-state index in [4.69, 9.17) is 11.6 Å². The molecule has 1 saturated carbocycles. The van der Waals surface area contributed by atoms with Gasteiger partial charge in [0.15, 0.2) is 0 Å². The van der Waals surface area contributed by atoms with Crippen molar-refractivity contribution >= 4 is 43.5 Å². The third-order valence-electron chi connectivity index (χ3n) is 5.82. The predicted molar refractivity (Wildman–Crippen MR) is 117 cm³/mol. The van der Waals surface area contributed by atoms with Crippen LogP contribution in [0.5, 0.6) is 0 Å². The summed E-state index contributed by atoms with van der Waals surface area (Å²) in [5, 5.41) is 3.37. The molecule has 5 nitrogen and oxygen atoms in total. The van der Waals surface area contributed by atoms with Crippen molar-refractivity contribution in [2.24, 2.45) is 0 Å². The van der Waals surface area contributed by atoms with Crippen LogP contribution >= 0.6 is 27.5 Å². The number of benzene rings is 2. The normalized spacial score (nSPS) is 19.0. The molecule has 0 bridgehead atoms. The molecule has 0 aromatic heterocycles. The molecule has 1 amide bonds. The van der Waals surface area contributed by atoms with Crippen LogP contribution in [-0.4, -0.2) is 31.7 Å². The number of halogens is 2. The van der Waals surface area contributed by atoms with Gasteiger partial charge in [-0.1, -0.05) is 39.7 Å². The standard InChI is InChI=1S/C21H22BrClN2O3S/c22-16-6-3-5-15(13-16)21(9-4-10-21)24-20(26)18-14-17(7-8-19(18)23)29(27,28)25-11-1-2-12-25/h3,5-8,13-14H,1-2,4,9-12H2,(H,24,26). The molecule has 1 N–H and O–H groups in total. The zero-order valence-electron chi connectivity index (χ0n) is 15.8. The van der Waals surface area contributed by atoms with Gasteiger partial charge in [-0.2, -0.15) is 4.31 Å². The molecule has 2 aromatic rings. The molecule has 2 aliphatic rings. The van der Waals surface area contributed by atoms with Crippen LogP contribution < -0.4 is 5.32 Å². The minimum Gasteiger partial charge on any atom is -0.342 e. The van der Waals surface area contributed by atoms with E-state index in [0.717, 1.165) is 42.1 Å². The summed E-state index contributed by atoms with van der Waals surface area (Å²) in [6.45, 7) is 1.02. The molecular formula is C21H22BrClN2O3S. The van der Waals surface area contributed by atoms with Crippen LogP contribution in [-0.2, 0) is 15.6 Å². The van der Waals surface area contributed by atoms with Gasteiger partial charge in [-0.15, -0.1) is 0 Å². The lowest BCUT2D eigenvalue weighted by atomic mass is 9.71. The van der Waals surface area contributed by atoms with E-state index in [1.165, 1.54) is 22.5 Å². The van der Waals surface area contributed by atoms with Crippen LogP contribution in [0.4, 0.5) is 0 Å². The van der Waals surface area contributed by atoms with E-state index >= 15 is 0 Å². The van der Waals surface area contributed by atoms with Crippen molar-refractivity contribution in [1.82, 2.24) is 9.62 Å². The highest BCUT2D eigenvalue weighted by Crippen LogP contribution is 2.42. The number of carbonyl (C=O) groups excluding carboxylic acids is 1. The number of sulfonamides is 1. The van der Waals surface area contributed by atoms with Crippen LogP contribution in [0.15, 0.2) is 51.8 Å². The van der Waals surface area contributed by atoms with Crippen molar-refractivity contribution in [2.75, 3.05) is 13.1 Å². The monoisotopic (exact) mass is 496 g/mol. The van der Waals surface area contributed by atoms with Crippen LogP contribution in [0.1, 0.15) is 48.0 Å². The summed E-state index contributed by atoms with van der Waals surface area (Å²) in [6, 6.07) is 12.3. The maximum Gasteiger partial charge on any atom is 0.253 e. The number of hydrogen-bond donors (Lipinski definition) is 1. The van der Waals surface area contributed by atoms with Gasteiger partial charge < -0.3 is 5.32 Å². The van der Waals surface area contributed by atoms with Gasteiger partial charge in [-0.05, 0) is 68.0 Å². The minimum atomic E-state index is -3.62. The molecule has 8 heteroatoms. The number of amides is 1. The Morgan fingerprint density at radius 2 is 1.79 bits per heavy atom. The summed E-state index contributed by atoms with van der Waals surface area (Å²) in [5.41, 5.74) is 0.769.